The van der Waals surface area contributed by atoms with Gasteiger partial charge < -0.3 is 9.72 Å². The molecule has 2 unspecified atom stereocenters. The van der Waals surface area contributed by atoms with Crippen LogP contribution in [0.2, 0.25) is 0 Å². The van der Waals surface area contributed by atoms with E-state index in [1.54, 1.807) is 0 Å². The molecule has 4 nitrogen and oxygen atoms in total. The first-order valence-electron chi connectivity index (χ1n) is 7.22. The molecule has 1 fully saturated rings. The molecule has 1 heterocycles. The van der Waals surface area contributed by atoms with E-state index in [1.807, 2.05) is 13.8 Å². The first-order chi connectivity index (χ1) is 8.94. The van der Waals surface area contributed by atoms with Gasteiger partial charge in [-0.15, -0.1) is 0 Å². The maximum Gasteiger partial charge on any atom is 0.254 e. The smallest absolute Gasteiger partial charge is 0.254 e. The van der Waals surface area contributed by atoms with Gasteiger partial charge in [-0.25, -0.2) is 0 Å². The molecule has 1 aromatic heterocycles. The monoisotopic (exact) mass is 264 g/mol. The van der Waals surface area contributed by atoms with Crippen LogP contribution >= 0.6 is 0 Å². The average Bonchev–Trinajstić information content (AvgIpc) is 2.26. The van der Waals surface area contributed by atoms with Crippen LogP contribution in [0.25, 0.3) is 0 Å². The molecular formula is C15H24N2O2. The van der Waals surface area contributed by atoms with E-state index in [4.69, 9.17) is 4.74 Å². The second kappa shape index (κ2) is 5.76. The summed E-state index contributed by atoms with van der Waals surface area (Å²) >= 11 is 0. The van der Waals surface area contributed by atoms with Gasteiger partial charge in [-0.1, -0.05) is 27.7 Å². The molecule has 0 aliphatic heterocycles. The fraction of sp³-hybridized carbons (Fsp3) is 0.733. The summed E-state index contributed by atoms with van der Waals surface area (Å²) in [6, 6.07) is 1.45. The van der Waals surface area contributed by atoms with Gasteiger partial charge in [0.2, 0.25) is 5.88 Å². The lowest BCUT2D eigenvalue weighted by molar-refractivity contribution is 0.0961. The number of aromatic nitrogens is 2. The number of rotatable bonds is 3. The van der Waals surface area contributed by atoms with Crippen LogP contribution in [0.15, 0.2) is 10.9 Å². The summed E-state index contributed by atoms with van der Waals surface area (Å²) in [6.07, 6.45) is 3.55. The molecule has 0 saturated heterocycles. The van der Waals surface area contributed by atoms with Crippen molar-refractivity contribution in [3.63, 3.8) is 0 Å². The molecule has 1 aliphatic carbocycles. The van der Waals surface area contributed by atoms with Crippen molar-refractivity contribution in [1.82, 2.24) is 9.97 Å². The summed E-state index contributed by atoms with van der Waals surface area (Å²) in [5.74, 6) is 2.72. The maximum atomic E-state index is 11.6. The van der Waals surface area contributed by atoms with Crippen molar-refractivity contribution in [2.75, 3.05) is 0 Å². The Kier molecular flexibility index (Phi) is 4.27. The minimum atomic E-state index is -0.134. The normalized spacial score (nSPS) is 27.5. The van der Waals surface area contributed by atoms with E-state index in [0.29, 0.717) is 23.5 Å². The molecule has 1 aromatic rings. The van der Waals surface area contributed by atoms with Gasteiger partial charge in [-0.3, -0.25) is 4.79 Å². The zero-order valence-electron chi connectivity index (χ0n) is 12.3. The van der Waals surface area contributed by atoms with E-state index < -0.39 is 0 Å². The van der Waals surface area contributed by atoms with Crippen LogP contribution < -0.4 is 10.3 Å². The molecule has 2 rings (SSSR count). The SMILES string of the molecule is CC1CC(C)CC(Oc2cc(=O)[nH]c(C(C)C)n2)C1. The minimum absolute atomic E-state index is 0.134. The van der Waals surface area contributed by atoms with Crippen molar-refractivity contribution in [3.8, 4) is 5.88 Å². The summed E-state index contributed by atoms with van der Waals surface area (Å²) in [5.41, 5.74) is -0.134. The van der Waals surface area contributed by atoms with Crippen molar-refractivity contribution in [3.05, 3.63) is 22.2 Å². The van der Waals surface area contributed by atoms with Gasteiger partial charge in [0.05, 0.1) is 6.07 Å². The van der Waals surface area contributed by atoms with Crippen LogP contribution in [0.5, 0.6) is 5.88 Å². The van der Waals surface area contributed by atoms with E-state index >= 15 is 0 Å². The predicted octanol–water partition coefficient (Wildman–Crippen LogP) is 3.10. The van der Waals surface area contributed by atoms with Crippen LogP contribution in [-0.2, 0) is 0 Å². The summed E-state index contributed by atoms with van der Waals surface area (Å²) in [7, 11) is 0. The van der Waals surface area contributed by atoms with Gasteiger partial charge >= 0.3 is 0 Å². The Morgan fingerprint density at radius 2 is 1.89 bits per heavy atom. The van der Waals surface area contributed by atoms with E-state index in [2.05, 4.69) is 23.8 Å². The zero-order valence-corrected chi connectivity index (χ0v) is 12.3. The highest BCUT2D eigenvalue weighted by Crippen LogP contribution is 2.30. The molecule has 106 valence electrons. The molecule has 0 radical (unpaired) electrons. The molecule has 4 heteroatoms. The molecule has 2 atom stereocenters. The number of hydrogen-bond donors (Lipinski definition) is 1. The fourth-order valence-electron chi connectivity index (χ4n) is 2.93. The summed E-state index contributed by atoms with van der Waals surface area (Å²) in [4.78, 5) is 18.8. The molecule has 0 spiro atoms. The Bertz CT molecular complexity index is 471. The third kappa shape index (κ3) is 3.82. The topological polar surface area (TPSA) is 55.0 Å². The summed E-state index contributed by atoms with van der Waals surface area (Å²) in [5, 5.41) is 0. The highest BCUT2D eigenvalue weighted by molar-refractivity contribution is 5.11. The lowest BCUT2D eigenvalue weighted by atomic mass is 9.82. The number of H-pyrrole nitrogens is 1. The molecule has 0 aromatic carbocycles. The molecule has 1 aliphatic rings. The van der Waals surface area contributed by atoms with Crippen LogP contribution in [0.3, 0.4) is 0 Å². The molecule has 19 heavy (non-hydrogen) atoms. The number of aromatic amines is 1. The molecule has 0 amide bonds. The Hall–Kier alpha value is -1.32. The summed E-state index contributed by atoms with van der Waals surface area (Å²) in [6.45, 7) is 8.53. The third-order valence-corrected chi connectivity index (χ3v) is 3.71. The third-order valence-electron chi connectivity index (χ3n) is 3.71. The van der Waals surface area contributed by atoms with Gasteiger partial charge in [0.15, 0.2) is 0 Å². The Morgan fingerprint density at radius 3 is 2.47 bits per heavy atom. The number of hydrogen-bond acceptors (Lipinski definition) is 3. The van der Waals surface area contributed by atoms with E-state index in [0.717, 1.165) is 12.8 Å². The maximum absolute atomic E-state index is 11.6. The van der Waals surface area contributed by atoms with E-state index in [9.17, 15) is 4.79 Å². The number of nitrogens with zero attached hydrogens (tertiary/aromatic N) is 1. The van der Waals surface area contributed by atoms with Gasteiger partial charge in [-0.05, 0) is 31.1 Å². The van der Waals surface area contributed by atoms with Crippen molar-refractivity contribution in [2.24, 2.45) is 11.8 Å². The fourth-order valence-corrected chi connectivity index (χ4v) is 2.93. The van der Waals surface area contributed by atoms with Gasteiger partial charge in [0.1, 0.15) is 11.9 Å². The van der Waals surface area contributed by atoms with Crippen LogP contribution in [-0.4, -0.2) is 16.1 Å². The van der Waals surface area contributed by atoms with E-state index in [1.165, 1.54) is 12.5 Å². The lowest BCUT2D eigenvalue weighted by Crippen LogP contribution is -2.29. The van der Waals surface area contributed by atoms with Crippen molar-refractivity contribution >= 4 is 0 Å². The quantitative estimate of drug-likeness (QED) is 0.912. The van der Waals surface area contributed by atoms with Crippen LogP contribution in [0.1, 0.15) is 58.7 Å². The summed E-state index contributed by atoms with van der Waals surface area (Å²) < 4.78 is 5.94. The number of ether oxygens (including phenoxy) is 1. The van der Waals surface area contributed by atoms with Crippen molar-refractivity contribution in [2.45, 2.75) is 59.0 Å². The Morgan fingerprint density at radius 1 is 1.26 bits per heavy atom. The molecular weight excluding hydrogens is 240 g/mol. The number of nitrogens with one attached hydrogen (secondary N) is 1. The van der Waals surface area contributed by atoms with Crippen molar-refractivity contribution in [1.29, 1.82) is 0 Å². The van der Waals surface area contributed by atoms with Gasteiger partial charge in [0.25, 0.3) is 5.56 Å². The highest BCUT2D eigenvalue weighted by atomic mass is 16.5. The Balaban J connectivity index is 2.12. The van der Waals surface area contributed by atoms with E-state index in [-0.39, 0.29) is 17.6 Å². The molecule has 1 N–H and O–H groups in total. The largest absolute Gasteiger partial charge is 0.474 e. The van der Waals surface area contributed by atoms with Crippen LogP contribution in [0, 0.1) is 11.8 Å². The standard InChI is InChI=1S/C15H24N2O2/c1-9(2)15-16-13(18)8-14(17-15)19-12-6-10(3)5-11(4)7-12/h8-12H,5-7H2,1-4H3,(H,16,17,18). The molecule has 0 bridgehead atoms. The van der Waals surface area contributed by atoms with Gasteiger partial charge in [0, 0.05) is 5.92 Å². The molecule has 1 saturated carbocycles. The average molecular weight is 264 g/mol. The lowest BCUT2D eigenvalue weighted by Gasteiger charge is -2.31. The highest BCUT2D eigenvalue weighted by Gasteiger charge is 2.25. The first kappa shape index (κ1) is 14.1. The van der Waals surface area contributed by atoms with Crippen molar-refractivity contribution < 1.29 is 4.74 Å². The second-order valence-electron chi connectivity index (χ2n) is 6.28. The van der Waals surface area contributed by atoms with Crippen LogP contribution in [0.4, 0.5) is 0 Å². The zero-order chi connectivity index (χ0) is 14.0. The predicted molar refractivity (Wildman–Crippen MR) is 75.5 cm³/mol. The first-order valence-corrected chi connectivity index (χ1v) is 7.22. The minimum Gasteiger partial charge on any atom is -0.474 e. The van der Waals surface area contributed by atoms with Gasteiger partial charge in [-0.2, -0.15) is 4.98 Å². The second-order valence-corrected chi connectivity index (χ2v) is 6.28. The Labute approximate surface area is 114 Å².